The zero-order valence-electron chi connectivity index (χ0n) is 8.70. The molecule has 7 heteroatoms. The molecule has 0 fully saturated rings. The van der Waals surface area contributed by atoms with Gasteiger partial charge in [-0.1, -0.05) is 22.8 Å². The van der Waals surface area contributed by atoms with Crippen LogP contribution in [0.15, 0.2) is 27.2 Å². The minimum atomic E-state index is -0.403. The van der Waals surface area contributed by atoms with Crippen LogP contribution in [0.2, 0.25) is 5.02 Å². The van der Waals surface area contributed by atoms with E-state index in [0.717, 1.165) is 0 Å². The van der Waals surface area contributed by atoms with Crippen LogP contribution in [0.1, 0.15) is 16.2 Å². The molecule has 17 heavy (non-hydrogen) atoms. The zero-order valence-corrected chi connectivity index (χ0v) is 11.0. The predicted octanol–water partition coefficient (Wildman–Crippen LogP) is 3.05. The second-order valence-corrected chi connectivity index (χ2v) is 4.43. The monoisotopic (exact) mass is 315 g/mol. The number of hydrogen-bond donors (Lipinski definition) is 1. The molecule has 2 aromatic rings. The first-order valence-corrected chi connectivity index (χ1v) is 5.80. The first kappa shape index (κ1) is 12.1. The lowest BCUT2D eigenvalue weighted by Gasteiger charge is -2.04. The maximum absolute atomic E-state index is 11.9. The molecule has 0 saturated carbocycles. The summed E-state index contributed by atoms with van der Waals surface area (Å²) in [5, 5.41) is 6.36. The summed E-state index contributed by atoms with van der Waals surface area (Å²) in [4.78, 5) is 15.7. The van der Waals surface area contributed by atoms with Crippen molar-refractivity contribution in [3.05, 3.63) is 39.1 Å². The fourth-order valence-electron chi connectivity index (χ4n) is 1.19. The summed E-state index contributed by atoms with van der Waals surface area (Å²) in [6.45, 7) is 1.66. The molecule has 0 aliphatic heterocycles. The normalized spacial score (nSPS) is 10.3. The Labute approximate surface area is 110 Å². The second-order valence-electron chi connectivity index (χ2n) is 3.20. The summed E-state index contributed by atoms with van der Waals surface area (Å²) < 4.78 is 5.43. The molecule has 88 valence electrons. The largest absolute Gasteiger partial charge is 0.328 e. The van der Waals surface area contributed by atoms with Gasteiger partial charge in [-0.25, -0.2) is 0 Å². The third-order valence-electron chi connectivity index (χ3n) is 1.94. The second kappa shape index (κ2) is 4.85. The van der Waals surface area contributed by atoms with Gasteiger partial charge < -0.3 is 4.52 Å². The standard InChI is InChI=1S/C10H7BrClN3O2/c1-5-13-10(17-15-5)14-9(16)6-3-2-4-7(11)8(6)12/h2-4H,1H3,(H,13,14,15,16). The summed E-state index contributed by atoms with van der Waals surface area (Å²) in [7, 11) is 0. The first-order chi connectivity index (χ1) is 8.08. The van der Waals surface area contributed by atoms with Crippen molar-refractivity contribution in [1.29, 1.82) is 0 Å². The van der Waals surface area contributed by atoms with E-state index < -0.39 is 5.91 Å². The number of nitrogens with one attached hydrogen (secondary N) is 1. The van der Waals surface area contributed by atoms with Gasteiger partial charge in [0, 0.05) is 4.47 Å². The highest BCUT2D eigenvalue weighted by molar-refractivity contribution is 9.10. The molecule has 0 aliphatic carbocycles. The summed E-state index contributed by atoms with van der Waals surface area (Å²) >= 11 is 9.23. The van der Waals surface area contributed by atoms with Gasteiger partial charge in [-0.05, 0) is 35.0 Å². The van der Waals surface area contributed by atoms with E-state index in [9.17, 15) is 4.79 Å². The van der Waals surface area contributed by atoms with Crippen molar-refractivity contribution in [3.63, 3.8) is 0 Å². The molecule has 1 heterocycles. The van der Waals surface area contributed by atoms with E-state index in [2.05, 4.69) is 31.4 Å². The van der Waals surface area contributed by atoms with Crippen molar-refractivity contribution in [2.24, 2.45) is 0 Å². The van der Waals surface area contributed by atoms with Crippen LogP contribution < -0.4 is 5.32 Å². The molecule has 0 spiro atoms. The fraction of sp³-hybridized carbons (Fsp3) is 0.100. The van der Waals surface area contributed by atoms with Crippen molar-refractivity contribution >= 4 is 39.5 Å². The topological polar surface area (TPSA) is 68.0 Å². The molecule has 0 radical (unpaired) electrons. The van der Waals surface area contributed by atoms with Crippen LogP contribution >= 0.6 is 27.5 Å². The number of aryl methyl sites for hydroxylation is 1. The van der Waals surface area contributed by atoms with E-state index >= 15 is 0 Å². The van der Waals surface area contributed by atoms with Crippen LogP contribution in [-0.2, 0) is 0 Å². The SMILES string of the molecule is Cc1noc(NC(=O)c2cccc(Br)c2Cl)n1. The predicted molar refractivity (Wildman–Crippen MR) is 66.1 cm³/mol. The maximum atomic E-state index is 11.9. The number of carbonyl (C=O) groups is 1. The molecule has 5 nitrogen and oxygen atoms in total. The van der Waals surface area contributed by atoms with Crippen LogP contribution in [0.5, 0.6) is 0 Å². The van der Waals surface area contributed by atoms with Crippen LogP contribution in [-0.4, -0.2) is 16.0 Å². The molecule has 0 unspecified atom stereocenters. The third kappa shape index (κ3) is 2.65. The minimum absolute atomic E-state index is 0.0449. The van der Waals surface area contributed by atoms with Crippen LogP contribution in [0, 0.1) is 6.92 Å². The number of amides is 1. The number of benzene rings is 1. The number of halogens is 2. The number of carbonyl (C=O) groups excluding carboxylic acids is 1. The number of rotatable bonds is 2. The summed E-state index contributed by atoms with van der Waals surface area (Å²) in [6.07, 6.45) is 0. The maximum Gasteiger partial charge on any atom is 0.328 e. The molecule has 0 saturated heterocycles. The smallest absolute Gasteiger partial charge is 0.315 e. The van der Waals surface area contributed by atoms with Crippen LogP contribution in [0.4, 0.5) is 6.01 Å². The molecule has 0 atom stereocenters. The van der Waals surface area contributed by atoms with Crippen LogP contribution in [0.3, 0.4) is 0 Å². The lowest BCUT2D eigenvalue weighted by atomic mass is 10.2. The number of nitrogens with zero attached hydrogens (tertiary/aromatic N) is 2. The molecular weight excluding hydrogens is 309 g/mol. The summed E-state index contributed by atoms with van der Waals surface area (Å²) in [6, 6.07) is 5.11. The number of aromatic nitrogens is 2. The van der Waals surface area contributed by atoms with Crippen molar-refractivity contribution in [3.8, 4) is 0 Å². The molecule has 1 N–H and O–H groups in total. The van der Waals surface area contributed by atoms with Crippen molar-refractivity contribution in [2.75, 3.05) is 5.32 Å². The highest BCUT2D eigenvalue weighted by Crippen LogP contribution is 2.26. The molecular formula is C10H7BrClN3O2. The average molecular weight is 317 g/mol. The average Bonchev–Trinajstić information content (AvgIpc) is 2.68. The third-order valence-corrected chi connectivity index (χ3v) is 3.24. The van der Waals surface area contributed by atoms with Gasteiger partial charge in [0.05, 0.1) is 10.6 Å². The summed E-state index contributed by atoms with van der Waals surface area (Å²) in [5.74, 6) is 0.0422. The quantitative estimate of drug-likeness (QED) is 0.924. The zero-order chi connectivity index (χ0) is 12.4. The van der Waals surface area contributed by atoms with Gasteiger partial charge >= 0.3 is 6.01 Å². The van der Waals surface area contributed by atoms with E-state index in [1.807, 2.05) is 0 Å². The van der Waals surface area contributed by atoms with Gasteiger partial charge in [0.1, 0.15) is 0 Å². The molecule has 0 bridgehead atoms. The lowest BCUT2D eigenvalue weighted by molar-refractivity contribution is 0.102. The molecule has 2 rings (SSSR count). The first-order valence-electron chi connectivity index (χ1n) is 4.63. The Morgan fingerprint density at radius 2 is 2.29 bits per heavy atom. The Hall–Kier alpha value is -1.40. The van der Waals surface area contributed by atoms with Gasteiger partial charge in [-0.2, -0.15) is 4.98 Å². The Morgan fingerprint density at radius 1 is 1.53 bits per heavy atom. The lowest BCUT2D eigenvalue weighted by Crippen LogP contribution is -2.12. The van der Waals surface area contributed by atoms with Crippen molar-refractivity contribution < 1.29 is 9.32 Å². The van der Waals surface area contributed by atoms with Gasteiger partial charge in [-0.15, -0.1) is 0 Å². The van der Waals surface area contributed by atoms with Gasteiger partial charge in [-0.3, -0.25) is 10.1 Å². The van der Waals surface area contributed by atoms with Gasteiger partial charge in [0.15, 0.2) is 5.82 Å². The van der Waals surface area contributed by atoms with E-state index in [0.29, 0.717) is 20.9 Å². The Bertz CT molecular complexity index is 570. The Kier molecular flexibility index (Phi) is 3.44. The van der Waals surface area contributed by atoms with E-state index in [1.165, 1.54) is 0 Å². The summed E-state index contributed by atoms with van der Waals surface area (Å²) in [5.41, 5.74) is 0.330. The number of anilines is 1. The highest BCUT2D eigenvalue weighted by Gasteiger charge is 2.14. The minimum Gasteiger partial charge on any atom is -0.315 e. The highest BCUT2D eigenvalue weighted by atomic mass is 79.9. The molecule has 1 aromatic heterocycles. The Morgan fingerprint density at radius 3 is 2.94 bits per heavy atom. The van der Waals surface area contributed by atoms with E-state index in [-0.39, 0.29) is 6.01 Å². The van der Waals surface area contributed by atoms with Gasteiger partial charge in [0.2, 0.25) is 0 Å². The van der Waals surface area contributed by atoms with Crippen LogP contribution in [0.25, 0.3) is 0 Å². The van der Waals surface area contributed by atoms with E-state index in [1.54, 1.807) is 25.1 Å². The van der Waals surface area contributed by atoms with E-state index in [4.69, 9.17) is 16.1 Å². The fourth-order valence-corrected chi connectivity index (χ4v) is 1.77. The van der Waals surface area contributed by atoms with Gasteiger partial charge in [0.25, 0.3) is 5.91 Å². The molecule has 1 amide bonds. The number of hydrogen-bond acceptors (Lipinski definition) is 4. The van der Waals surface area contributed by atoms with Crippen molar-refractivity contribution in [2.45, 2.75) is 6.92 Å². The molecule has 1 aromatic carbocycles. The van der Waals surface area contributed by atoms with Crippen molar-refractivity contribution in [1.82, 2.24) is 10.1 Å². The molecule has 0 aliphatic rings. The Balaban J connectivity index is 2.23.